The first-order valence-corrected chi connectivity index (χ1v) is 7.67. The van der Waals surface area contributed by atoms with E-state index >= 15 is 0 Å². The molecule has 1 aliphatic rings. The number of hydrogen-bond acceptors (Lipinski definition) is 3. The second-order valence-corrected chi connectivity index (χ2v) is 6.80. The molecule has 0 aliphatic carbocycles. The molecule has 1 saturated heterocycles. The summed E-state index contributed by atoms with van der Waals surface area (Å²) in [6, 6.07) is 3.30. The van der Waals surface area contributed by atoms with Crippen LogP contribution in [0.2, 0.25) is 5.02 Å². The molecule has 2 rings (SSSR count). The fourth-order valence-corrected chi connectivity index (χ4v) is 2.82. The van der Waals surface area contributed by atoms with Gasteiger partial charge in [-0.2, -0.15) is 0 Å². The first-order chi connectivity index (χ1) is 8.69. The molecular weight excluding hydrogens is 285 g/mol. The van der Waals surface area contributed by atoms with Crippen LogP contribution in [0.5, 0.6) is 0 Å². The molecule has 0 radical (unpaired) electrons. The summed E-state index contributed by atoms with van der Waals surface area (Å²) < 4.78 is 26.1. The highest BCUT2D eigenvalue weighted by Gasteiger charge is 2.52. The van der Waals surface area contributed by atoms with E-state index < -0.39 is 18.3 Å². The Morgan fingerprint density at radius 1 is 1.16 bits per heavy atom. The minimum atomic E-state index is -0.701. The third-order valence-corrected chi connectivity index (χ3v) is 5.02. The van der Waals surface area contributed by atoms with Crippen LogP contribution in [0.1, 0.15) is 27.7 Å². The van der Waals surface area contributed by atoms with Gasteiger partial charge in [0.2, 0.25) is 0 Å². The third-order valence-electron chi connectivity index (χ3n) is 3.79. The van der Waals surface area contributed by atoms with Crippen molar-refractivity contribution >= 4 is 35.9 Å². The Morgan fingerprint density at radius 2 is 1.68 bits per heavy atom. The molecule has 0 spiro atoms. The molecule has 104 valence electrons. The van der Waals surface area contributed by atoms with Gasteiger partial charge in [0.05, 0.1) is 21.1 Å². The van der Waals surface area contributed by atoms with Crippen molar-refractivity contribution in [2.45, 2.75) is 43.8 Å². The van der Waals surface area contributed by atoms with E-state index in [2.05, 4.69) is 0 Å². The Bertz CT molecular complexity index is 492. The van der Waals surface area contributed by atoms with Crippen molar-refractivity contribution in [3.63, 3.8) is 0 Å². The van der Waals surface area contributed by atoms with Gasteiger partial charge < -0.3 is 9.31 Å². The van der Waals surface area contributed by atoms with Gasteiger partial charge in [-0.15, -0.1) is 11.8 Å². The smallest absolute Gasteiger partial charge is 0.399 e. The Labute approximate surface area is 123 Å². The molecule has 0 N–H and O–H groups in total. The van der Waals surface area contributed by atoms with Crippen LogP contribution in [0, 0.1) is 5.82 Å². The van der Waals surface area contributed by atoms with Crippen molar-refractivity contribution in [1.29, 1.82) is 0 Å². The second kappa shape index (κ2) is 4.95. The fourth-order valence-electron chi connectivity index (χ4n) is 1.89. The van der Waals surface area contributed by atoms with Crippen LogP contribution in [0.25, 0.3) is 0 Å². The number of rotatable bonds is 2. The average Bonchev–Trinajstić information content (AvgIpc) is 2.48. The molecule has 0 unspecified atom stereocenters. The molecule has 1 aromatic carbocycles. The molecular formula is C13H17BClFO2S. The molecule has 0 aromatic heterocycles. The number of thioether (sulfide) groups is 1. The molecule has 6 heteroatoms. The molecule has 1 aromatic rings. The van der Waals surface area contributed by atoms with Crippen molar-refractivity contribution in [3.05, 3.63) is 23.0 Å². The van der Waals surface area contributed by atoms with Crippen LogP contribution in [0.3, 0.4) is 0 Å². The fraction of sp³-hybridized carbons (Fsp3) is 0.538. The van der Waals surface area contributed by atoms with Crippen molar-refractivity contribution in [3.8, 4) is 0 Å². The molecule has 0 saturated carbocycles. The first kappa shape index (κ1) is 15.2. The SMILES string of the molecule is CSc1c(Cl)ccc(B2OC(C)(C)C(C)(C)O2)c1F. The van der Waals surface area contributed by atoms with E-state index in [1.807, 2.05) is 27.7 Å². The van der Waals surface area contributed by atoms with Crippen molar-refractivity contribution in [2.24, 2.45) is 0 Å². The van der Waals surface area contributed by atoms with Crippen LogP contribution in [-0.4, -0.2) is 24.6 Å². The lowest BCUT2D eigenvalue weighted by atomic mass is 9.79. The van der Waals surface area contributed by atoms with E-state index in [-0.39, 0.29) is 5.82 Å². The minimum Gasteiger partial charge on any atom is -0.399 e. The molecule has 0 amide bonds. The summed E-state index contributed by atoms with van der Waals surface area (Å²) in [5, 5.41) is 0.408. The van der Waals surface area contributed by atoms with Crippen LogP contribution in [0.15, 0.2) is 17.0 Å². The quantitative estimate of drug-likeness (QED) is 0.615. The van der Waals surface area contributed by atoms with Gasteiger partial charge in [-0.05, 0) is 40.0 Å². The maximum Gasteiger partial charge on any atom is 0.497 e. The summed E-state index contributed by atoms with van der Waals surface area (Å²) in [6.07, 6.45) is 1.79. The van der Waals surface area contributed by atoms with Crippen LogP contribution in [-0.2, 0) is 9.31 Å². The number of hydrogen-bond donors (Lipinski definition) is 0. The topological polar surface area (TPSA) is 18.5 Å². The van der Waals surface area contributed by atoms with E-state index in [0.717, 1.165) is 0 Å². The predicted molar refractivity (Wildman–Crippen MR) is 78.9 cm³/mol. The largest absolute Gasteiger partial charge is 0.497 e. The van der Waals surface area contributed by atoms with E-state index in [4.69, 9.17) is 20.9 Å². The zero-order valence-electron chi connectivity index (χ0n) is 11.7. The molecule has 1 fully saturated rings. The summed E-state index contributed by atoms with van der Waals surface area (Å²) in [4.78, 5) is 0.425. The van der Waals surface area contributed by atoms with Gasteiger partial charge in [-0.1, -0.05) is 17.7 Å². The standard InChI is InChI=1S/C13H17BClFO2S/c1-12(2)13(3,4)18-14(17-12)8-6-7-9(15)11(19-5)10(8)16/h6-7H,1-5H3. The van der Waals surface area contributed by atoms with Gasteiger partial charge in [0, 0.05) is 5.46 Å². The van der Waals surface area contributed by atoms with Gasteiger partial charge in [0.25, 0.3) is 0 Å². The van der Waals surface area contributed by atoms with Crippen molar-refractivity contribution < 1.29 is 13.7 Å². The highest BCUT2D eigenvalue weighted by atomic mass is 35.5. The van der Waals surface area contributed by atoms with E-state index in [1.54, 1.807) is 18.4 Å². The summed E-state index contributed by atoms with van der Waals surface area (Å²) in [5.74, 6) is -0.362. The van der Waals surface area contributed by atoms with Gasteiger partial charge in [0.1, 0.15) is 5.82 Å². The van der Waals surface area contributed by atoms with E-state index in [0.29, 0.717) is 15.4 Å². The maximum absolute atomic E-state index is 14.4. The highest BCUT2D eigenvalue weighted by molar-refractivity contribution is 7.98. The van der Waals surface area contributed by atoms with E-state index in [1.165, 1.54) is 11.8 Å². The molecule has 0 bridgehead atoms. The summed E-state index contributed by atoms with van der Waals surface area (Å²) in [6.45, 7) is 7.76. The zero-order valence-corrected chi connectivity index (χ0v) is 13.3. The summed E-state index contributed by atoms with van der Waals surface area (Å²) in [5.41, 5.74) is -0.570. The lowest BCUT2D eigenvalue weighted by Crippen LogP contribution is -2.41. The van der Waals surface area contributed by atoms with Crippen molar-refractivity contribution in [1.82, 2.24) is 0 Å². The first-order valence-electron chi connectivity index (χ1n) is 6.07. The molecule has 1 aliphatic heterocycles. The van der Waals surface area contributed by atoms with Crippen molar-refractivity contribution in [2.75, 3.05) is 6.26 Å². The Kier molecular flexibility index (Phi) is 3.96. The molecule has 1 heterocycles. The van der Waals surface area contributed by atoms with Crippen LogP contribution in [0.4, 0.5) is 4.39 Å². The predicted octanol–water partition coefficient (Wildman–Crippen LogP) is 3.50. The number of benzene rings is 1. The maximum atomic E-state index is 14.4. The van der Waals surface area contributed by atoms with Crippen LogP contribution < -0.4 is 5.46 Å². The zero-order chi connectivity index (χ0) is 14.4. The minimum absolute atomic E-state index is 0.362. The second-order valence-electron chi connectivity index (χ2n) is 5.57. The Hall–Kier alpha value is -0.225. The highest BCUT2D eigenvalue weighted by Crippen LogP contribution is 2.37. The molecule has 19 heavy (non-hydrogen) atoms. The summed E-state index contributed by atoms with van der Waals surface area (Å²) >= 11 is 7.25. The lowest BCUT2D eigenvalue weighted by Gasteiger charge is -2.32. The summed E-state index contributed by atoms with van der Waals surface area (Å²) in [7, 11) is -0.701. The molecule has 0 atom stereocenters. The van der Waals surface area contributed by atoms with Gasteiger partial charge in [-0.25, -0.2) is 4.39 Å². The average molecular weight is 303 g/mol. The monoisotopic (exact) mass is 302 g/mol. The Morgan fingerprint density at radius 3 is 2.16 bits per heavy atom. The number of halogens is 2. The van der Waals surface area contributed by atoms with E-state index in [9.17, 15) is 4.39 Å². The Balaban J connectivity index is 2.40. The molecule has 2 nitrogen and oxygen atoms in total. The lowest BCUT2D eigenvalue weighted by molar-refractivity contribution is 0.00578. The van der Waals surface area contributed by atoms with Gasteiger partial charge in [0.15, 0.2) is 0 Å². The van der Waals surface area contributed by atoms with Gasteiger partial charge >= 0.3 is 7.12 Å². The normalized spacial score (nSPS) is 20.9. The van der Waals surface area contributed by atoms with Gasteiger partial charge in [-0.3, -0.25) is 0 Å². The third kappa shape index (κ3) is 2.53. The van der Waals surface area contributed by atoms with Crippen LogP contribution >= 0.6 is 23.4 Å².